The van der Waals surface area contributed by atoms with Crippen molar-refractivity contribution in [1.82, 2.24) is 19.7 Å². The molecule has 4 aromatic rings. The van der Waals surface area contributed by atoms with Crippen molar-refractivity contribution in [3.8, 4) is 5.69 Å². The second-order valence-corrected chi connectivity index (χ2v) is 8.45. The number of rotatable bonds is 5. The Morgan fingerprint density at radius 1 is 1.14 bits per heavy atom. The summed E-state index contributed by atoms with van der Waals surface area (Å²) < 4.78 is 3.05. The third kappa shape index (κ3) is 3.79. The number of nitrogens with one attached hydrogen (secondary N) is 1. The fraction of sp³-hybridized carbons (Fsp3) is 0.200. The number of aromatic nitrogens is 4. The molecule has 0 saturated heterocycles. The van der Waals surface area contributed by atoms with Gasteiger partial charge in [0, 0.05) is 0 Å². The summed E-state index contributed by atoms with van der Waals surface area (Å²) in [7, 11) is 0. The highest BCUT2D eigenvalue weighted by Gasteiger charge is 2.15. The quantitative estimate of drug-likeness (QED) is 0.490. The van der Waals surface area contributed by atoms with Crippen LogP contribution in [0.25, 0.3) is 15.9 Å². The Balaban J connectivity index is 1.47. The first-order valence-corrected chi connectivity index (χ1v) is 10.6. The highest BCUT2D eigenvalue weighted by Crippen LogP contribution is 2.28. The highest BCUT2D eigenvalue weighted by molar-refractivity contribution is 7.99. The van der Waals surface area contributed by atoms with Crippen LogP contribution in [0.4, 0.5) is 5.13 Å². The number of thiazole rings is 1. The molecule has 1 N–H and O–H groups in total. The van der Waals surface area contributed by atoms with Gasteiger partial charge < -0.3 is 5.32 Å². The first kappa shape index (κ1) is 18.6. The van der Waals surface area contributed by atoms with Crippen molar-refractivity contribution in [3.05, 3.63) is 59.4 Å². The summed E-state index contributed by atoms with van der Waals surface area (Å²) in [5.74, 6) is 0.912. The molecule has 0 unspecified atom stereocenters. The van der Waals surface area contributed by atoms with E-state index in [9.17, 15) is 4.79 Å². The largest absolute Gasteiger partial charge is 0.301 e. The number of nitrogens with zero attached hydrogens (tertiary/aromatic N) is 4. The summed E-state index contributed by atoms with van der Waals surface area (Å²) in [4.78, 5) is 16.9. The maximum absolute atomic E-state index is 12.4. The van der Waals surface area contributed by atoms with Crippen molar-refractivity contribution in [2.75, 3.05) is 11.1 Å². The molecule has 6 nitrogen and oxygen atoms in total. The number of amides is 1. The minimum atomic E-state index is -0.113. The van der Waals surface area contributed by atoms with Crippen molar-refractivity contribution in [2.45, 2.75) is 25.9 Å². The predicted octanol–water partition coefficient (Wildman–Crippen LogP) is 4.53. The highest BCUT2D eigenvalue weighted by atomic mass is 32.2. The molecule has 2 aromatic carbocycles. The molecule has 0 aliphatic carbocycles. The van der Waals surface area contributed by atoms with Gasteiger partial charge in [0.1, 0.15) is 5.82 Å². The fourth-order valence-corrected chi connectivity index (χ4v) is 4.67. The summed E-state index contributed by atoms with van der Waals surface area (Å²) in [5.41, 5.74) is 4.22. The first-order valence-electron chi connectivity index (χ1n) is 8.79. The minimum absolute atomic E-state index is 0.113. The molecule has 0 fully saturated rings. The van der Waals surface area contributed by atoms with Crippen LogP contribution in [-0.4, -0.2) is 31.4 Å². The smallest absolute Gasteiger partial charge is 0.236 e. The zero-order valence-corrected chi connectivity index (χ0v) is 17.4. The Morgan fingerprint density at radius 2 is 1.96 bits per heavy atom. The second kappa shape index (κ2) is 7.73. The van der Waals surface area contributed by atoms with Crippen LogP contribution in [0.15, 0.2) is 47.6 Å². The number of carbonyl (C=O) groups excluding carboxylic acids is 1. The van der Waals surface area contributed by atoms with Crippen molar-refractivity contribution < 1.29 is 4.79 Å². The van der Waals surface area contributed by atoms with Crippen LogP contribution in [0.5, 0.6) is 0 Å². The standard InChI is InChI=1S/C20H19N5OS2/c1-12-8-9-15-17(10-12)28-19(21-15)22-18(26)11-27-20-24-23-14(3)25(20)16-7-5-4-6-13(16)2/h4-10H,11H2,1-3H3,(H,21,22,26). The van der Waals surface area contributed by atoms with E-state index >= 15 is 0 Å². The lowest BCUT2D eigenvalue weighted by molar-refractivity contribution is -0.113. The molecule has 0 bridgehead atoms. The van der Waals surface area contributed by atoms with E-state index in [4.69, 9.17) is 0 Å². The average Bonchev–Trinajstić information content (AvgIpc) is 3.22. The minimum Gasteiger partial charge on any atom is -0.301 e. The Bertz CT molecular complexity index is 1160. The van der Waals surface area contributed by atoms with E-state index < -0.39 is 0 Å². The second-order valence-electron chi connectivity index (χ2n) is 6.48. The third-order valence-electron chi connectivity index (χ3n) is 4.27. The van der Waals surface area contributed by atoms with Crippen LogP contribution in [0, 0.1) is 20.8 Å². The number of fused-ring (bicyclic) bond motifs is 1. The van der Waals surface area contributed by atoms with Gasteiger partial charge in [-0.25, -0.2) is 4.98 Å². The maximum Gasteiger partial charge on any atom is 0.236 e. The number of para-hydroxylation sites is 1. The van der Waals surface area contributed by atoms with E-state index in [0.29, 0.717) is 10.3 Å². The van der Waals surface area contributed by atoms with Crippen LogP contribution in [0.2, 0.25) is 0 Å². The predicted molar refractivity (Wildman–Crippen MR) is 115 cm³/mol. The maximum atomic E-state index is 12.4. The molecule has 0 atom stereocenters. The number of hydrogen-bond donors (Lipinski definition) is 1. The molecule has 8 heteroatoms. The fourth-order valence-electron chi connectivity index (χ4n) is 2.90. The molecule has 2 heterocycles. The Hall–Kier alpha value is -2.71. The number of anilines is 1. The van der Waals surface area contributed by atoms with Crippen molar-refractivity contribution in [3.63, 3.8) is 0 Å². The average molecular weight is 410 g/mol. The third-order valence-corrected chi connectivity index (χ3v) is 6.14. The lowest BCUT2D eigenvalue weighted by Crippen LogP contribution is -2.14. The van der Waals surface area contributed by atoms with Crippen LogP contribution in [0.1, 0.15) is 17.0 Å². The normalized spacial score (nSPS) is 11.1. The molecule has 0 aliphatic rings. The Labute approximate surface area is 171 Å². The molecule has 28 heavy (non-hydrogen) atoms. The molecule has 0 radical (unpaired) electrons. The molecule has 1 amide bonds. The number of benzene rings is 2. The van der Waals surface area contributed by atoms with Gasteiger partial charge in [0.15, 0.2) is 10.3 Å². The number of thioether (sulfide) groups is 1. The van der Waals surface area contributed by atoms with Crippen LogP contribution < -0.4 is 5.32 Å². The van der Waals surface area contributed by atoms with Gasteiger partial charge in [-0.1, -0.05) is 47.4 Å². The summed E-state index contributed by atoms with van der Waals surface area (Å²) in [6, 6.07) is 14.1. The molecule has 0 saturated carbocycles. The topological polar surface area (TPSA) is 72.7 Å². The van der Waals surface area contributed by atoms with E-state index in [1.54, 1.807) is 0 Å². The number of hydrogen-bond acceptors (Lipinski definition) is 6. The zero-order chi connectivity index (χ0) is 19.7. The SMILES string of the molecule is Cc1ccc2nc(NC(=O)CSc3nnc(C)n3-c3ccccc3C)sc2c1. The Morgan fingerprint density at radius 3 is 2.79 bits per heavy atom. The molecule has 142 valence electrons. The van der Waals surface area contributed by atoms with E-state index in [1.807, 2.05) is 61.7 Å². The lowest BCUT2D eigenvalue weighted by atomic mass is 10.2. The molecule has 4 rings (SSSR count). The van der Waals surface area contributed by atoms with Crippen LogP contribution in [-0.2, 0) is 4.79 Å². The van der Waals surface area contributed by atoms with Gasteiger partial charge >= 0.3 is 0 Å². The lowest BCUT2D eigenvalue weighted by Gasteiger charge is -2.10. The number of carbonyl (C=O) groups is 1. The zero-order valence-electron chi connectivity index (χ0n) is 15.8. The first-order chi connectivity index (χ1) is 13.5. The van der Waals surface area contributed by atoms with E-state index in [1.165, 1.54) is 28.7 Å². The van der Waals surface area contributed by atoms with Gasteiger partial charge in [0.05, 0.1) is 21.7 Å². The number of aryl methyl sites for hydroxylation is 3. The van der Waals surface area contributed by atoms with E-state index in [0.717, 1.165) is 27.3 Å². The monoisotopic (exact) mass is 409 g/mol. The van der Waals surface area contributed by atoms with Gasteiger partial charge in [-0.15, -0.1) is 10.2 Å². The van der Waals surface area contributed by atoms with Gasteiger partial charge in [-0.05, 0) is 50.1 Å². The van der Waals surface area contributed by atoms with Gasteiger partial charge in [-0.3, -0.25) is 9.36 Å². The van der Waals surface area contributed by atoms with Gasteiger partial charge in [0.25, 0.3) is 0 Å². The molecule has 0 spiro atoms. The van der Waals surface area contributed by atoms with Gasteiger partial charge in [0.2, 0.25) is 5.91 Å². The van der Waals surface area contributed by atoms with Crippen LogP contribution in [0.3, 0.4) is 0 Å². The molecular weight excluding hydrogens is 390 g/mol. The summed E-state index contributed by atoms with van der Waals surface area (Å²) in [5, 5.41) is 12.6. The molecular formula is C20H19N5OS2. The molecule has 2 aromatic heterocycles. The van der Waals surface area contributed by atoms with Gasteiger partial charge in [-0.2, -0.15) is 0 Å². The summed E-state index contributed by atoms with van der Waals surface area (Å²) in [6.07, 6.45) is 0. The van der Waals surface area contributed by atoms with Crippen molar-refractivity contribution in [1.29, 1.82) is 0 Å². The van der Waals surface area contributed by atoms with Crippen LogP contribution >= 0.6 is 23.1 Å². The molecule has 0 aliphatic heterocycles. The van der Waals surface area contributed by atoms with E-state index in [-0.39, 0.29) is 11.7 Å². The Kier molecular flexibility index (Phi) is 5.15. The summed E-state index contributed by atoms with van der Waals surface area (Å²) >= 11 is 2.84. The summed E-state index contributed by atoms with van der Waals surface area (Å²) in [6.45, 7) is 6.00. The van der Waals surface area contributed by atoms with E-state index in [2.05, 4.69) is 26.6 Å². The van der Waals surface area contributed by atoms with Crippen molar-refractivity contribution in [2.24, 2.45) is 0 Å². The van der Waals surface area contributed by atoms with Crippen molar-refractivity contribution >= 4 is 44.4 Å².